The molecule has 0 aliphatic carbocycles. The minimum Gasteiger partial charge on any atom is -0.497 e. The minimum absolute atomic E-state index is 0.722. The van der Waals surface area contributed by atoms with Gasteiger partial charge in [0.1, 0.15) is 17.2 Å². The largest absolute Gasteiger partial charge is 0.497 e. The van der Waals surface area contributed by atoms with E-state index in [-0.39, 0.29) is 0 Å². The fourth-order valence-electron chi connectivity index (χ4n) is 3.13. The molecular formula is C25H28N2O3S. The van der Waals surface area contributed by atoms with E-state index < -0.39 is 0 Å². The summed E-state index contributed by atoms with van der Waals surface area (Å²) in [6.45, 7) is 1.44. The zero-order valence-electron chi connectivity index (χ0n) is 18.4. The summed E-state index contributed by atoms with van der Waals surface area (Å²) in [6.07, 6.45) is 2.05. The van der Waals surface area contributed by atoms with Gasteiger partial charge >= 0.3 is 0 Å². The lowest BCUT2D eigenvalue weighted by molar-refractivity contribution is 0.405. The van der Waals surface area contributed by atoms with E-state index in [4.69, 9.17) is 19.2 Å². The van der Waals surface area contributed by atoms with Crippen molar-refractivity contribution in [2.75, 3.05) is 27.6 Å². The topological polar surface area (TPSA) is 43.3 Å². The molecule has 3 aromatic carbocycles. The predicted molar refractivity (Wildman–Crippen MR) is 129 cm³/mol. The van der Waals surface area contributed by atoms with Gasteiger partial charge in [-0.15, -0.1) is 0 Å². The van der Waals surface area contributed by atoms with Crippen molar-refractivity contribution in [3.8, 4) is 17.2 Å². The minimum atomic E-state index is 0.722. The molecule has 162 valence electrons. The predicted octanol–water partition coefficient (Wildman–Crippen LogP) is 5.77. The SMILES string of the molecule is COc1ccc(CN(Cc2ccc(OC)cc2)C(=Nc2cccc(OC)c2)SC)cc1. The monoisotopic (exact) mass is 436 g/mol. The van der Waals surface area contributed by atoms with Crippen molar-refractivity contribution >= 4 is 22.6 Å². The van der Waals surface area contributed by atoms with Crippen LogP contribution in [0.5, 0.6) is 17.2 Å². The molecule has 3 rings (SSSR count). The molecule has 0 radical (unpaired) electrons. The van der Waals surface area contributed by atoms with Gasteiger partial charge in [-0.25, -0.2) is 4.99 Å². The maximum Gasteiger partial charge on any atom is 0.164 e. The van der Waals surface area contributed by atoms with Gasteiger partial charge in [-0.1, -0.05) is 42.1 Å². The fourth-order valence-corrected chi connectivity index (χ4v) is 3.71. The van der Waals surface area contributed by atoms with Crippen molar-refractivity contribution in [2.45, 2.75) is 13.1 Å². The number of nitrogens with zero attached hydrogens (tertiary/aromatic N) is 2. The molecular weight excluding hydrogens is 408 g/mol. The zero-order valence-corrected chi connectivity index (χ0v) is 19.2. The van der Waals surface area contributed by atoms with Gasteiger partial charge in [0.25, 0.3) is 0 Å². The van der Waals surface area contributed by atoms with Crippen LogP contribution < -0.4 is 14.2 Å². The van der Waals surface area contributed by atoms with Crippen LogP contribution >= 0.6 is 11.8 Å². The maximum atomic E-state index is 5.35. The lowest BCUT2D eigenvalue weighted by atomic mass is 10.1. The molecule has 0 heterocycles. The molecule has 0 aliphatic rings. The summed E-state index contributed by atoms with van der Waals surface area (Å²) in [5, 5.41) is 0.930. The average Bonchev–Trinajstić information content (AvgIpc) is 2.83. The van der Waals surface area contributed by atoms with Gasteiger partial charge in [-0.3, -0.25) is 0 Å². The first kappa shape index (κ1) is 22.6. The third kappa shape index (κ3) is 6.43. The lowest BCUT2D eigenvalue weighted by Gasteiger charge is -2.26. The number of rotatable bonds is 8. The molecule has 0 N–H and O–H groups in total. The average molecular weight is 437 g/mol. The van der Waals surface area contributed by atoms with Crippen LogP contribution in [0.15, 0.2) is 77.8 Å². The van der Waals surface area contributed by atoms with E-state index >= 15 is 0 Å². The Labute approximate surface area is 188 Å². The molecule has 5 nitrogen and oxygen atoms in total. The van der Waals surface area contributed by atoms with Gasteiger partial charge in [0.2, 0.25) is 0 Å². The fraction of sp³-hybridized carbons (Fsp3) is 0.240. The molecule has 0 bridgehead atoms. The van der Waals surface area contributed by atoms with E-state index in [2.05, 4.69) is 29.2 Å². The van der Waals surface area contributed by atoms with Crippen LogP contribution in [-0.2, 0) is 13.1 Å². The van der Waals surface area contributed by atoms with E-state index in [0.717, 1.165) is 41.2 Å². The molecule has 0 aromatic heterocycles. The number of thioether (sulfide) groups is 1. The van der Waals surface area contributed by atoms with Gasteiger partial charge in [-0.05, 0) is 53.8 Å². The molecule has 0 spiro atoms. The Balaban J connectivity index is 1.91. The Bertz CT molecular complexity index is 939. The van der Waals surface area contributed by atoms with Crippen LogP contribution in [-0.4, -0.2) is 37.7 Å². The Kier molecular flexibility index (Phi) is 8.24. The molecule has 6 heteroatoms. The van der Waals surface area contributed by atoms with E-state index in [1.54, 1.807) is 33.1 Å². The number of hydrogen-bond donors (Lipinski definition) is 0. The quantitative estimate of drug-likeness (QED) is 0.331. The third-order valence-corrected chi connectivity index (χ3v) is 5.51. The van der Waals surface area contributed by atoms with Crippen molar-refractivity contribution < 1.29 is 14.2 Å². The summed E-state index contributed by atoms with van der Waals surface area (Å²) in [6, 6.07) is 24.1. The molecule has 0 fully saturated rings. The number of methoxy groups -OCH3 is 3. The highest BCUT2D eigenvalue weighted by molar-refractivity contribution is 8.13. The molecule has 0 atom stereocenters. The maximum absolute atomic E-state index is 5.35. The van der Waals surface area contributed by atoms with Gasteiger partial charge in [0.15, 0.2) is 5.17 Å². The highest BCUT2D eigenvalue weighted by Gasteiger charge is 2.13. The van der Waals surface area contributed by atoms with Crippen LogP contribution in [0.4, 0.5) is 5.69 Å². The Morgan fingerprint density at radius 2 is 1.26 bits per heavy atom. The summed E-state index contributed by atoms with van der Waals surface area (Å²) in [7, 11) is 5.02. The van der Waals surface area contributed by atoms with E-state index in [1.807, 2.05) is 54.8 Å². The summed E-state index contributed by atoms with van der Waals surface area (Å²) < 4.78 is 15.9. The van der Waals surface area contributed by atoms with E-state index in [9.17, 15) is 0 Å². The molecule has 31 heavy (non-hydrogen) atoms. The van der Waals surface area contributed by atoms with Crippen LogP contribution in [0.3, 0.4) is 0 Å². The summed E-state index contributed by atoms with van der Waals surface area (Å²) >= 11 is 1.63. The first-order valence-corrected chi connectivity index (χ1v) is 11.1. The van der Waals surface area contributed by atoms with E-state index in [0.29, 0.717) is 0 Å². The molecule has 0 saturated carbocycles. The second kappa shape index (κ2) is 11.3. The number of hydrogen-bond acceptors (Lipinski definition) is 5. The van der Waals surface area contributed by atoms with Gasteiger partial charge in [0.05, 0.1) is 27.0 Å². The second-order valence-electron chi connectivity index (χ2n) is 6.85. The van der Waals surface area contributed by atoms with E-state index in [1.165, 1.54) is 11.1 Å². The van der Waals surface area contributed by atoms with Gasteiger partial charge in [-0.2, -0.15) is 0 Å². The van der Waals surface area contributed by atoms with Crippen LogP contribution in [0.2, 0.25) is 0 Å². The number of aliphatic imine (C=N–C) groups is 1. The molecule has 0 unspecified atom stereocenters. The first-order valence-electron chi connectivity index (χ1n) is 9.92. The van der Waals surface area contributed by atoms with Crippen molar-refractivity contribution in [1.29, 1.82) is 0 Å². The highest BCUT2D eigenvalue weighted by atomic mass is 32.2. The summed E-state index contributed by atoms with van der Waals surface area (Å²) in [5.41, 5.74) is 3.22. The first-order chi connectivity index (χ1) is 15.1. The lowest BCUT2D eigenvalue weighted by Crippen LogP contribution is -2.27. The third-order valence-electron chi connectivity index (χ3n) is 4.80. The second-order valence-corrected chi connectivity index (χ2v) is 7.63. The van der Waals surface area contributed by atoms with Crippen molar-refractivity contribution in [3.05, 3.63) is 83.9 Å². The number of amidine groups is 1. The molecule has 0 aliphatic heterocycles. The summed E-state index contributed by atoms with van der Waals surface area (Å²) in [4.78, 5) is 7.19. The van der Waals surface area contributed by atoms with Crippen LogP contribution in [0.25, 0.3) is 0 Å². The zero-order chi connectivity index (χ0) is 22.1. The van der Waals surface area contributed by atoms with Gasteiger partial charge < -0.3 is 19.1 Å². The van der Waals surface area contributed by atoms with Crippen LogP contribution in [0.1, 0.15) is 11.1 Å². The van der Waals surface area contributed by atoms with Crippen LogP contribution in [0, 0.1) is 0 Å². The van der Waals surface area contributed by atoms with Crippen molar-refractivity contribution in [3.63, 3.8) is 0 Å². The Morgan fingerprint density at radius 1 is 0.742 bits per heavy atom. The van der Waals surface area contributed by atoms with Gasteiger partial charge in [0, 0.05) is 19.2 Å². The molecule has 3 aromatic rings. The molecule has 0 amide bonds. The normalized spacial score (nSPS) is 11.2. The molecule has 0 saturated heterocycles. The number of benzene rings is 3. The van der Waals surface area contributed by atoms with Crippen molar-refractivity contribution in [1.82, 2.24) is 4.90 Å². The summed E-state index contributed by atoms with van der Waals surface area (Å²) in [5.74, 6) is 2.49. The smallest absolute Gasteiger partial charge is 0.164 e. The highest BCUT2D eigenvalue weighted by Crippen LogP contribution is 2.24. The Hall–Kier alpha value is -3.12. The Morgan fingerprint density at radius 3 is 1.71 bits per heavy atom. The standard InChI is InChI=1S/C25H28N2O3S/c1-28-22-12-8-19(9-13-22)17-27(18-20-10-14-23(29-2)15-11-20)25(31-4)26-21-6-5-7-24(16-21)30-3/h5-16H,17-18H2,1-4H3. The van der Waals surface area contributed by atoms with Crippen molar-refractivity contribution in [2.24, 2.45) is 4.99 Å². The number of ether oxygens (including phenoxy) is 3.